The largest absolute Gasteiger partial charge is 0.338 e. The second-order valence-electron chi connectivity index (χ2n) is 4.67. The minimum atomic E-state index is -0.0680. The average Bonchev–Trinajstić information content (AvgIpc) is 2.67. The van der Waals surface area contributed by atoms with Gasteiger partial charge in [-0.15, -0.1) is 11.3 Å². The zero-order chi connectivity index (χ0) is 12.7. The zero-order valence-corrected chi connectivity index (χ0v) is 11.7. The molecule has 0 saturated heterocycles. The molecule has 0 radical (unpaired) electrons. The molecule has 0 saturated carbocycles. The van der Waals surface area contributed by atoms with Crippen LogP contribution in [0.3, 0.4) is 0 Å². The summed E-state index contributed by atoms with van der Waals surface area (Å²) in [6.07, 6.45) is 2.20. The van der Waals surface area contributed by atoms with Crippen molar-refractivity contribution in [2.75, 3.05) is 6.54 Å². The topological polar surface area (TPSA) is 41.1 Å². The molecule has 0 spiro atoms. The van der Waals surface area contributed by atoms with E-state index in [4.69, 9.17) is 0 Å². The summed E-state index contributed by atoms with van der Waals surface area (Å²) in [5.74, 6) is 0.702. The van der Waals surface area contributed by atoms with E-state index < -0.39 is 0 Å². The van der Waals surface area contributed by atoms with Gasteiger partial charge in [-0.05, 0) is 42.7 Å². The van der Waals surface area contributed by atoms with E-state index in [1.54, 1.807) is 11.3 Å². The highest BCUT2D eigenvalue weighted by Crippen LogP contribution is 2.14. The van der Waals surface area contributed by atoms with E-state index in [9.17, 15) is 4.79 Å². The van der Waals surface area contributed by atoms with E-state index in [1.807, 2.05) is 5.38 Å². The van der Waals surface area contributed by atoms with Crippen LogP contribution in [0.2, 0.25) is 0 Å². The van der Waals surface area contributed by atoms with Crippen molar-refractivity contribution >= 4 is 17.4 Å². The second-order valence-corrected chi connectivity index (χ2v) is 5.67. The molecule has 0 aromatic carbocycles. The minimum Gasteiger partial charge on any atom is -0.338 e. The van der Waals surface area contributed by atoms with Gasteiger partial charge in [0, 0.05) is 11.4 Å². The summed E-state index contributed by atoms with van der Waals surface area (Å²) in [5.41, 5.74) is 1.25. The number of aryl methyl sites for hydroxylation is 1. The maximum absolute atomic E-state index is 11.5. The zero-order valence-electron chi connectivity index (χ0n) is 10.9. The first kappa shape index (κ1) is 14.0. The summed E-state index contributed by atoms with van der Waals surface area (Å²) in [6.45, 7) is 7.83. The Kier molecular flexibility index (Phi) is 6.05. The molecule has 3 nitrogen and oxygen atoms in total. The van der Waals surface area contributed by atoms with E-state index in [0.717, 1.165) is 19.4 Å². The Morgan fingerprint density at radius 2 is 2.18 bits per heavy atom. The Bertz CT molecular complexity index is 347. The lowest BCUT2D eigenvalue weighted by molar-refractivity contribution is 0.240. The third-order valence-corrected chi connectivity index (χ3v) is 3.64. The van der Waals surface area contributed by atoms with Crippen molar-refractivity contribution in [1.29, 1.82) is 0 Å². The van der Waals surface area contributed by atoms with Crippen molar-refractivity contribution in [1.82, 2.24) is 10.6 Å². The van der Waals surface area contributed by atoms with Gasteiger partial charge in [-0.2, -0.15) is 0 Å². The molecule has 1 aromatic rings. The van der Waals surface area contributed by atoms with Crippen LogP contribution in [0.4, 0.5) is 4.79 Å². The number of carbonyl (C=O) groups is 1. The van der Waals surface area contributed by atoms with Crippen LogP contribution in [0.5, 0.6) is 0 Å². The van der Waals surface area contributed by atoms with E-state index >= 15 is 0 Å². The van der Waals surface area contributed by atoms with Crippen molar-refractivity contribution in [3.05, 3.63) is 21.9 Å². The van der Waals surface area contributed by atoms with Crippen LogP contribution in [0.25, 0.3) is 0 Å². The van der Waals surface area contributed by atoms with E-state index in [-0.39, 0.29) is 6.03 Å². The number of nitrogens with one attached hydrogen (secondary N) is 2. The minimum absolute atomic E-state index is 0.0680. The Hall–Kier alpha value is -1.03. The van der Waals surface area contributed by atoms with Crippen LogP contribution in [0.1, 0.15) is 37.1 Å². The summed E-state index contributed by atoms with van der Waals surface area (Å²) < 4.78 is 0. The molecule has 17 heavy (non-hydrogen) atoms. The molecule has 0 bridgehead atoms. The van der Waals surface area contributed by atoms with Gasteiger partial charge < -0.3 is 10.6 Å². The number of urea groups is 1. The third-order valence-electron chi connectivity index (χ3n) is 2.62. The van der Waals surface area contributed by atoms with Gasteiger partial charge in [0.1, 0.15) is 0 Å². The van der Waals surface area contributed by atoms with Crippen LogP contribution < -0.4 is 10.6 Å². The molecular formula is C13H22N2OS. The van der Waals surface area contributed by atoms with Gasteiger partial charge in [0.15, 0.2) is 0 Å². The molecule has 0 aliphatic heterocycles. The monoisotopic (exact) mass is 254 g/mol. The lowest BCUT2D eigenvalue weighted by Gasteiger charge is -2.08. The van der Waals surface area contributed by atoms with Crippen LogP contribution >= 0.6 is 11.3 Å². The predicted molar refractivity (Wildman–Crippen MR) is 73.4 cm³/mol. The second kappa shape index (κ2) is 7.33. The van der Waals surface area contributed by atoms with Gasteiger partial charge in [-0.25, -0.2) is 4.79 Å². The fourth-order valence-electron chi connectivity index (χ4n) is 1.52. The van der Waals surface area contributed by atoms with Crippen LogP contribution in [0.15, 0.2) is 11.4 Å². The maximum atomic E-state index is 11.5. The lowest BCUT2D eigenvalue weighted by Crippen LogP contribution is -2.35. The van der Waals surface area contributed by atoms with Crippen LogP contribution in [-0.4, -0.2) is 12.6 Å². The Morgan fingerprint density at radius 1 is 1.41 bits per heavy atom. The molecule has 96 valence electrons. The highest BCUT2D eigenvalue weighted by atomic mass is 32.1. The van der Waals surface area contributed by atoms with Crippen LogP contribution in [0, 0.1) is 12.8 Å². The molecule has 1 rings (SSSR count). The standard InChI is InChI=1S/C13H22N2OS/c1-10(2)5-4-7-14-13(16)15-9-12-11(3)6-8-17-12/h6,8,10H,4-5,7,9H2,1-3H3,(H2,14,15,16). The van der Waals surface area contributed by atoms with Crippen molar-refractivity contribution in [3.63, 3.8) is 0 Å². The van der Waals surface area contributed by atoms with E-state index in [0.29, 0.717) is 12.5 Å². The smallest absolute Gasteiger partial charge is 0.315 e. The number of hydrogen-bond acceptors (Lipinski definition) is 2. The van der Waals surface area contributed by atoms with Crippen molar-refractivity contribution in [2.24, 2.45) is 5.92 Å². The molecular weight excluding hydrogens is 232 g/mol. The molecule has 0 unspecified atom stereocenters. The summed E-state index contributed by atoms with van der Waals surface area (Å²) in [5, 5.41) is 7.80. The van der Waals surface area contributed by atoms with Crippen LogP contribution in [-0.2, 0) is 6.54 Å². The molecule has 0 atom stereocenters. The highest BCUT2D eigenvalue weighted by Gasteiger charge is 2.03. The summed E-state index contributed by atoms with van der Waals surface area (Å²) in [7, 11) is 0. The number of hydrogen-bond donors (Lipinski definition) is 2. The van der Waals surface area contributed by atoms with E-state index in [1.165, 1.54) is 10.4 Å². The third kappa shape index (κ3) is 5.73. The first-order valence-electron chi connectivity index (χ1n) is 6.14. The van der Waals surface area contributed by atoms with Gasteiger partial charge in [-0.3, -0.25) is 0 Å². The number of rotatable bonds is 6. The number of amides is 2. The Labute approximate surface area is 108 Å². The summed E-state index contributed by atoms with van der Waals surface area (Å²) in [4.78, 5) is 12.7. The van der Waals surface area contributed by atoms with Crippen molar-refractivity contribution in [2.45, 2.75) is 40.2 Å². The molecule has 2 amide bonds. The molecule has 0 fully saturated rings. The number of carbonyl (C=O) groups excluding carboxylic acids is 1. The van der Waals surface area contributed by atoms with Crippen molar-refractivity contribution < 1.29 is 4.79 Å². The maximum Gasteiger partial charge on any atom is 0.315 e. The molecule has 1 aromatic heterocycles. The first-order chi connectivity index (χ1) is 8.09. The van der Waals surface area contributed by atoms with Crippen molar-refractivity contribution in [3.8, 4) is 0 Å². The Morgan fingerprint density at radius 3 is 2.76 bits per heavy atom. The molecule has 1 heterocycles. The fourth-order valence-corrected chi connectivity index (χ4v) is 2.37. The predicted octanol–water partition coefficient (Wildman–Crippen LogP) is 3.29. The highest BCUT2D eigenvalue weighted by molar-refractivity contribution is 7.10. The normalized spacial score (nSPS) is 10.6. The SMILES string of the molecule is Cc1ccsc1CNC(=O)NCCCC(C)C. The van der Waals surface area contributed by atoms with Gasteiger partial charge in [-0.1, -0.05) is 13.8 Å². The number of thiophene rings is 1. The summed E-state index contributed by atoms with van der Waals surface area (Å²) >= 11 is 1.68. The van der Waals surface area contributed by atoms with Gasteiger partial charge in [0.2, 0.25) is 0 Å². The molecule has 4 heteroatoms. The van der Waals surface area contributed by atoms with Gasteiger partial charge >= 0.3 is 6.03 Å². The molecule has 2 N–H and O–H groups in total. The average molecular weight is 254 g/mol. The fraction of sp³-hybridized carbons (Fsp3) is 0.615. The van der Waals surface area contributed by atoms with Gasteiger partial charge in [0.05, 0.1) is 6.54 Å². The summed E-state index contributed by atoms with van der Waals surface area (Å²) in [6, 6.07) is 2.00. The molecule has 0 aliphatic carbocycles. The quantitative estimate of drug-likeness (QED) is 0.751. The Balaban J connectivity index is 2.11. The first-order valence-corrected chi connectivity index (χ1v) is 7.02. The van der Waals surface area contributed by atoms with Gasteiger partial charge in [0.25, 0.3) is 0 Å². The lowest BCUT2D eigenvalue weighted by atomic mass is 10.1. The molecule has 0 aliphatic rings. The van der Waals surface area contributed by atoms with E-state index in [2.05, 4.69) is 37.5 Å².